The minimum Gasteiger partial charge on any atom is -0.480 e. The highest BCUT2D eigenvalue weighted by molar-refractivity contribution is 5.95. The second kappa shape index (κ2) is 5.88. The topological polar surface area (TPSA) is 105 Å². The monoisotopic (exact) mass is 285 g/mol. The molecule has 1 heterocycles. The zero-order valence-electron chi connectivity index (χ0n) is 10.8. The van der Waals surface area contributed by atoms with Gasteiger partial charge in [0.05, 0.1) is 15.8 Å². The number of nitrogens with zero attached hydrogens (tertiary/aromatic N) is 2. The van der Waals surface area contributed by atoms with Crippen molar-refractivity contribution in [3.63, 3.8) is 0 Å². The molecule has 0 saturated heterocycles. The largest absolute Gasteiger partial charge is 0.480 e. The molecule has 106 valence electrons. The van der Waals surface area contributed by atoms with E-state index in [9.17, 15) is 14.9 Å². The molecule has 1 unspecified atom stereocenters. The number of carbonyl (C=O) groups is 1. The van der Waals surface area contributed by atoms with Gasteiger partial charge in [0.1, 0.15) is 11.7 Å². The lowest BCUT2D eigenvalue weighted by molar-refractivity contribution is -0.382. The summed E-state index contributed by atoms with van der Waals surface area (Å²) in [4.78, 5) is 25.9. The Balaban J connectivity index is 2.53. The van der Waals surface area contributed by atoms with Gasteiger partial charge in [-0.3, -0.25) is 15.1 Å². The van der Waals surface area contributed by atoms with Crippen LogP contribution in [0.2, 0.25) is 0 Å². The Bertz CT molecular complexity index is 751. The molecule has 1 aromatic heterocycles. The molecule has 0 aliphatic rings. The maximum atomic E-state index is 11.3. The summed E-state index contributed by atoms with van der Waals surface area (Å²) in [7, 11) is 0. The van der Waals surface area contributed by atoms with E-state index < -0.39 is 16.9 Å². The molecule has 0 aliphatic carbocycles. The minimum absolute atomic E-state index is 0.0857. The summed E-state index contributed by atoms with van der Waals surface area (Å²) < 4.78 is 0. The number of nitrogens with one attached hydrogen (secondary N) is 1. The number of pyridine rings is 1. The van der Waals surface area contributed by atoms with Crippen LogP contribution in [0.15, 0.2) is 30.5 Å². The highest BCUT2D eigenvalue weighted by Gasteiger charge is 2.23. The second-order valence-corrected chi connectivity index (χ2v) is 4.23. The number of carboxylic acids is 1. The molecule has 7 nitrogen and oxygen atoms in total. The molecule has 0 saturated carbocycles. The second-order valence-electron chi connectivity index (χ2n) is 4.23. The van der Waals surface area contributed by atoms with Crippen LogP contribution < -0.4 is 5.32 Å². The third-order valence-electron chi connectivity index (χ3n) is 2.89. The van der Waals surface area contributed by atoms with Crippen LogP contribution in [0.25, 0.3) is 10.9 Å². The number of rotatable bonds is 5. The van der Waals surface area contributed by atoms with Crippen molar-refractivity contribution in [3.05, 3.63) is 40.6 Å². The molecule has 0 spiro atoms. The van der Waals surface area contributed by atoms with Crippen LogP contribution in [0.4, 0.5) is 11.4 Å². The molecule has 1 aromatic carbocycles. The summed E-state index contributed by atoms with van der Waals surface area (Å²) in [6.45, 7) is 0. The zero-order valence-corrected chi connectivity index (χ0v) is 10.8. The number of anilines is 1. The molecule has 2 rings (SSSR count). The number of hydrogen-bond acceptors (Lipinski definition) is 5. The van der Waals surface area contributed by atoms with Crippen LogP contribution in [-0.4, -0.2) is 27.0 Å². The van der Waals surface area contributed by atoms with E-state index in [1.54, 1.807) is 18.2 Å². The van der Waals surface area contributed by atoms with E-state index in [0.717, 1.165) is 0 Å². The Labute approximate surface area is 119 Å². The summed E-state index contributed by atoms with van der Waals surface area (Å²) in [6.07, 6.45) is 6.55. The quantitative estimate of drug-likeness (QED) is 0.494. The van der Waals surface area contributed by atoms with Crippen molar-refractivity contribution in [2.24, 2.45) is 0 Å². The number of aliphatic carboxylic acids is 1. The molecule has 0 aliphatic heterocycles. The first-order valence-electron chi connectivity index (χ1n) is 5.99. The molecule has 0 fully saturated rings. The van der Waals surface area contributed by atoms with Crippen LogP contribution in [0.3, 0.4) is 0 Å². The molecular weight excluding hydrogens is 274 g/mol. The molecule has 0 radical (unpaired) electrons. The minimum atomic E-state index is -1.17. The van der Waals surface area contributed by atoms with Gasteiger partial charge < -0.3 is 10.4 Å². The number of fused-ring (bicyclic) bond motifs is 1. The van der Waals surface area contributed by atoms with Crippen LogP contribution in [0.1, 0.15) is 6.42 Å². The van der Waals surface area contributed by atoms with Crippen LogP contribution in [0, 0.1) is 22.5 Å². The first-order chi connectivity index (χ1) is 10.0. The summed E-state index contributed by atoms with van der Waals surface area (Å²) >= 11 is 0. The van der Waals surface area contributed by atoms with Crippen molar-refractivity contribution < 1.29 is 14.8 Å². The number of benzene rings is 1. The smallest absolute Gasteiger partial charge is 0.327 e. The number of hydrogen-bond donors (Lipinski definition) is 2. The van der Waals surface area contributed by atoms with Crippen LogP contribution in [-0.2, 0) is 4.79 Å². The van der Waals surface area contributed by atoms with Gasteiger partial charge in [0.15, 0.2) is 0 Å². The Morgan fingerprint density at radius 1 is 1.52 bits per heavy atom. The van der Waals surface area contributed by atoms with Gasteiger partial charge in [-0.2, -0.15) is 0 Å². The maximum Gasteiger partial charge on any atom is 0.327 e. The fraction of sp³-hybridized carbons (Fsp3) is 0.143. The Hall–Kier alpha value is -3.14. The molecule has 2 N–H and O–H groups in total. The number of nitro benzene ring substituents is 1. The molecule has 21 heavy (non-hydrogen) atoms. The van der Waals surface area contributed by atoms with E-state index in [1.165, 1.54) is 12.3 Å². The predicted octanol–water partition coefficient (Wildman–Crippen LogP) is 2.03. The maximum absolute atomic E-state index is 11.3. The summed E-state index contributed by atoms with van der Waals surface area (Å²) in [5.74, 6) is 1.06. The highest BCUT2D eigenvalue weighted by atomic mass is 16.6. The normalized spacial score (nSPS) is 11.6. The van der Waals surface area contributed by atoms with E-state index in [2.05, 4.69) is 16.2 Å². The van der Waals surface area contributed by atoms with Crippen molar-refractivity contribution in [1.29, 1.82) is 0 Å². The van der Waals surface area contributed by atoms with Crippen LogP contribution >= 0.6 is 0 Å². The first-order valence-corrected chi connectivity index (χ1v) is 5.99. The Morgan fingerprint density at radius 2 is 2.29 bits per heavy atom. The predicted molar refractivity (Wildman–Crippen MR) is 76.9 cm³/mol. The SMILES string of the molecule is C#CCC(Nc1ccc2ncccc2c1[N+](=O)[O-])C(=O)O. The van der Waals surface area contributed by atoms with Gasteiger partial charge >= 0.3 is 11.7 Å². The van der Waals surface area contributed by atoms with Gasteiger partial charge in [0, 0.05) is 12.6 Å². The number of carboxylic acid groups (broad SMARTS) is 1. The third-order valence-corrected chi connectivity index (χ3v) is 2.89. The Morgan fingerprint density at radius 3 is 2.90 bits per heavy atom. The molecule has 7 heteroatoms. The van der Waals surface area contributed by atoms with Crippen molar-refractivity contribution in [2.45, 2.75) is 12.5 Å². The lowest BCUT2D eigenvalue weighted by Gasteiger charge is -2.14. The van der Waals surface area contributed by atoms with E-state index in [1.807, 2.05) is 0 Å². The molecule has 0 bridgehead atoms. The summed E-state index contributed by atoms with van der Waals surface area (Å²) in [5.41, 5.74) is 0.339. The van der Waals surface area contributed by atoms with E-state index in [4.69, 9.17) is 11.5 Å². The molecule has 2 aromatic rings. The van der Waals surface area contributed by atoms with Crippen molar-refractivity contribution in [3.8, 4) is 12.3 Å². The lowest BCUT2D eigenvalue weighted by Crippen LogP contribution is -2.29. The molecular formula is C14H11N3O4. The number of aromatic nitrogens is 1. The van der Waals surface area contributed by atoms with E-state index in [0.29, 0.717) is 10.9 Å². The fourth-order valence-corrected chi connectivity index (χ4v) is 1.96. The highest BCUT2D eigenvalue weighted by Crippen LogP contribution is 2.33. The van der Waals surface area contributed by atoms with Gasteiger partial charge in [0.2, 0.25) is 0 Å². The van der Waals surface area contributed by atoms with E-state index in [-0.39, 0.29) is 17.8 Å². The molecule has 0 amide bonds. The Kier molecular flexibility index (Phi) is 4.00. The average Bonchev–Trinajstić information content (AvgIpc) is 2.45. The van der Waals surface area contributed by atoms with Gasteiger partial charge in [-0.15, -0.1) is 12.3 Å². The average molecular weight is 285 g/mol. The number of terminal acetylenes is 1. The van der Waals surface area contributed by atoms with Crippen molar-refractivity contribution in [1.82, 2.24) is 4.98 Å². The van der Waals surface area contributed by atoms with Crippen molar-refractivity contribution in [2.75, 3.05) is 5.32 Å². The number of nitro groups is 1. The molecule has 1 atom stereocenters. The summed E-state index contributed by atoms with van der Waals surface area (Å²) in [5, 5.41) is 23.3. The van der Waals surface area contributed by atoms with Crippen LogP contribution in [0.5, 0.6) is 0 Å². The zero-order chi connectivity index (χ0) is 15.4. The third kappa shape index (κ3) is 2.90. The van der Waals surface area contributed by atoms with Gasteiger partial charge in [-0.1, -0.05) is 0 Å². The first kappa shape index (κ1) is 14.3. The standard InChI is InChI=1S/C14H11N3O4/c1-2-4-12(14(18)19)16-11-7-6-10-9(5-3-8-15-10)13(11)17(20)21/h1,3,5-8,12,16H,4H2,(H,18,19). The lowest BCUT2D eigenvalue weighted by atomic mass is 10.1. The van der Waals surface area contributed by atoms with E-state index >= 15 is 0 Å². The van der Waals surface area contributed by atoms with Crippen molar-refractivity contribution >= 4 is 28.2 Å². The van der Waals surface area contributed by atoms with Gasteiger partial charge in [-0.05, 0) is 24.3 Å². The summed E-state index contributed by atoms with van der Waals surface area (Å²) in [6, 6.07) is 5.06. The van der Waals surface area contributed by atoms with Gasteiger partial charge in [0.25, 0.3) is 0 Å². The fourth-order valence-electron chi connectivity index (χ4n) is 1.96. The van der Waals surface area contributed by atoms with Gasteiger partial charge in [-0.25, -0.2) is 4.79 Å².